The van der Waals surface area contributed by atoms with Gasteiger partial charge in [0, 0.05) is 25.5 Å². The van der Waals surface area contributed by atoms with Gasteiger partial charge in [0.2, 0.25) is 0 Å². The first kappa shape index (κ1) is 24.1. The van der Waals surface area contributed by atoms with Crippen LogP contribution in [0.2, 0.25) is 0 Å². The summed E-state index contributed by atoms with van der Waals surface area (Å²) in [5.74, 6) is -1.64. The van der Waals surface area contributed by atoms with Crippen LogP contribution in [-0.2, 0) is 22.3 Å². The van der Waals surface area contributed by atoms with E-state index in [1.54, 1.807) is 18.2 Å². The van der Waals surface area contributed by atoms with Gasteiger partial charge < -0.3 is 19.9 Å². The fraction of sp³-hybridized carbons (Fsp3) is 0.250. The Hall–Kier alpha value is -3.59. The third kappa shape index (κ3) is 6.01. The normalized spacial score (nSPS) is 12.4. The van der Waals surface area contributed by atoms with Gasteiger partial charge in [-0.15, -0.1) is 0 Å². The van der Waals surface area contributed by atoms with Gasteiger partial charge in [0.15, 0.2) is 0 Å². The number of alkyl halides is 3. The topological polar surface area (TPSA) is 84.9 Å². The molecule has 0 heterocycles. The van der Waals surface area contributed by atoms with Crippen LogP contribution in [0.5, 0.6) is 5.75 Å². The highest BCUT2D eigenvalue weighted by Crippen LogP contribution is 2.32. The summed E-state index contributed by atoms with van der Waals surface area (Å²) in [7, 11) is 1.43. The SMILES string of the molecule is COCCC(NC(=O)c1ccc2ccccc2c1OCc1ccc(C(F)(F)F)cc1)C(=O)O. The fourth-order valence-corrected chi connectivity index (χ4v) is 3.25. The second-order valence-electron chi connectivity index (χ2n) is 7.29. The standard InChI is InChI=1S/C24H22F3NO5/c1-32-13-12-20(23(30)31)28-22(29)19-11-8-16-4-2-3-5-18(16)21(19)33-14-15-6-9-17(10-7-15)24(25,26)27/h2-11,20H,12-14H2,1H3,(H,28,29)(H,30,31). The number of hydrogen-bond donors (Lipinski definition) is 2. The van der Waals surface area contributed by atoms with E-state index >= 15 is 0 Å². The first-order chi connectivity index (χ1) is 15.7. The third-order valence-electron chi connectivity index (χ3n) is 5.00. The molecule has 1 amide bonds. The highest BCUT2D eigenvalue weighted by molar-refractivity contribution is 6.04. The molecule has 0 aromatic heterocycles. The van der Waals surface area contributed by atoms with Crippen LogP contribution >= 0.6 is 0 Å². The number of fused-ring (bicyclic) bond motifs is 1. The van der Waals surface area contributed by atoms with Crippen LogP contribution in [-0.4, -0.2) is 36.7 Å². The molecule has 0 aliphatic heterocycles. The van der Waals surface area contributed by atoms with Gasteiger partial charge in [0.25, 0.3) is 5.91 Å². The first-order valence-electron chi connectivity index (χ1n) is 10.0. The first-order valence-corrected chi connectivity index (χ1v) is 10.0. The van der Waals surface area contributed by atoms with Crippen molar-refractivity contribution in [3.05, 3.63) is 77.4 Å². The molecule has 9 heteroatoms. The Morgan fingerprint density at radius 3 is 2.36 bits per heavy atom. The van der Waals surface area contributed by atoms with E-state index in [0.29, 0.717) is 10.9 Å². The van der Waals surface area contributed by atoms with Crippen LogP contribution < -0.4 is 10.1 Å². The van der Waals surface area contributed by atoms with Gasteiger partial charge in [-0.05, 0) is 29.1 Å². The summed E-state index contributed by atoms with van der Waals surface area (Å²) < 4.78 is 49.2. The molecule has 174 valence electrons. The van der Waals surface area contributed by atoms with Crippen molar-refractivity contribution in [3.63, 3.8) is 0 Å². The van der Waals surface area contributed by atoms with Crippen LogP contribution in [0.4, 0.5) is 13.2 Å². The summed E-state index contributed by atoms with van der Waals surface area (Å²) in [5.41, 5.74) is -0.178. The zero-order valence-corrected chi connectivity index (χ0v) is 17.7. The number of carboxylic acids is 1. The molecule has 33 heavy (non-hydrogen) atoms. The maximum atomic E-state index is 12.9. The molecule has 3 aromatic rings. The number of benzene rings is 3. The summed E-state index contributed by atoms with van der Waals surface area (Å²) in [6, 6.07) is 13.7. The molecule has 1 atom stereocenters. The van der Waals surface area contributed by atoms with Crippen molar-refractivity contribution >= 4 is 22.6 Å². The number of rotatable bonds is 9. The second-order valence-corrected chi connectivity index (χ2v) is 7.29. The number of ether oxygens (including phenoxy) is 2. The van der Waals surface area contributed by atoms with E-state index in [4.69, 9.17) is 9.47 Å². The van der Waals surface area contributed by atoms with Gasteiger partial charge >= 0.3 is 12.1 Å². The number of nitrogens with one attached hydrogen (secondary N) is 1. The van der Waals surface area contributed by atoms with Gasteiger partial charge in [-0.3, -0.25) is 4.79 Å². The van der Waals surface area contributed by atoms with Crippen LogP contribution in [0.1, 0.15) is 27.9 Å². The molecular weight excluding hydrogens is 439 g/mol. The largest absolute Gasteiger partial charge is 0.487 e. The molecule has 0 saturated carbocycles. The van der Waals surface area contributed by atoms with Crippen molar-refractivity contribution in [3.8, 4) is 5.75 Å². The number of aliphatic carboxylic acids is 1. The number of carbonyl (C=O) groups excluding carboxylic acids is 1. The monoisotopic (exact) mass is 461 g/mol. The Morgan fingerprint density at radius 2 is 1.73 bits per heavy atom. The van der Waals surface area contributed by atoms with Crippen molar-refractivity contribution in [1.29, 1.82) is 0 Å². The molecule has 0 aliphatic carbocycles. The number of methoxy groups -OCH3 is 1. The van der Waals surface area contributed by atoms with Gasteiger partial charge in [-0.1, -0.05) is 42.5 Å². The van der Waals surface area contributed by atoms with Gasteiger partial charge in [0.05, 0.1) is 11.1 Å². The molecule has 3 aromatic carbocycles. The summed E-state index contributed by atoms with van der Waals surface area (Å²) in [6.07, 6.45) is -4.36. The molecule has 0 fully saturated rings. The molecule has 6 nitrogen and oxygen atoms in total. The lowest BCUT2D eigenvalue weighted by Gasteiger charge is -2.18. The Kier molecular flexibility index (Phi) is 7.55. The smallest absolute Gasteiger partial charge is 0.416 e. The molecule has 0 aliphatic rings. The highest BCUT2D eigenvalue weighted by atomic mass is 19.4. The fourth-order valence-electron chi connectivity index (χ4n) is 3.25. The molecular formula is C24H22F3NO5. The summed E-state index contributed by atoms with van der Waals surface area (Å²) >= 11 is 0. The third-order valence-corrected chi connectivity index (χ3v) is 5.00. The van der Waals surface area contributed by atoms with E-state index < -0.39 is 29.7 Å². The van der Waals surface area contributed by atoms with Crippen LogP contribution in [0.3, 0.4) is 0 Å². The van der Waals surface area contributed by atoms with E-state index in [1.165, 1.54) is 25.3 Å². The molecule has 1 unspecified atom stereocenters. The van der Waals surface area contributed by atoms with E-state index in [9.17, 15) is 27.9 Å². The number of carboxylic acid groups (broad SMARTS) is 1. The Bertz CT molecular complexity index is 1130. The summed E-state index contributed by atoms with van der Waals surface area (Å²) in [4.78, 5) is 24.4. The molecule has 0 spiro atoms. The van der Waals surface area contributed by atoms with Crippen molar-refractivity contribution in [2.45, 2.75) is 25.2 Å². The second kappa shape index (κ2) is 10.4. The lowest BCUT2D eigenvalue weighted by Crippen LogP contribution is -2.41. The Labute approximate surface area is 187 Å². The van der Waals surface area contributed by atoms with Gasteiger partial charge in [-0.2, -0.15) is 13.2 Å². The number of halogens is 3. The summed E-state index contributed by atoms with van der Waals surface area (Å²) in [5, 5.41) is 13.3. The Balaban J connectivity index is 1.88. The molecule has 3 rings (SSSR count). The van der Waals surface area contributed by atoms with E-state index in [0.717, 1.165) is 17.5 Å². The minimum atomic E-state index is -4.44. The zero-order valence-electron chi connectivity index (χ0n) is 17.7. The van der Waals surface area contributed by atoms with Crippen molar-refractivity contribution < 1.29 is 37.3 Å². The number of carbonyl (C=O) groups is 2. The average molecular weight is 461 g/mol. The molecule has 0 radical (unpaired) electrons. The van der Waals surface area contributed by atoms with Crippen molar-refractivity contribution in [1.82, 2.24) is 5.32 Å². The van der Waals surface area contributed by atoms with E-state index in [-0.39, 0.29) is 30.9 Å². The van der Waals surface area contributed by atoms with Gasteiger partial charge in [0.1, 0.15) is 18.4 Å². The van der Waals surface area contributed by atoms with Crippen molar-refractivity contribution in [2.75, 3.05) is 13.7 Å². The average Bonchev–Trinajstić information content (AvgIpc) is 2.79. The lowest BCUT2D eigenvalue weighted by molar-refractivity contribution is -0.140. The maximum Gasteiger partial charge on any atom is 0.416 e. The lowest BCUT2D eigenvalue weighted by atomic mass is 10.0. The Morgan fingerprint density at radius 1 is 1.03 bits per heavy atom. The number of amides is 1. The van der Waals surface area contributed by atoms with Crippen LogP contribution in [0, 0.1) is 0 Å². The molecule has 0 saturated heterocycles. The van der Waals surface area contributed by atoms with Crippen LogP contribution in [0.15, 0.2) is 60.7 Å². The highest BCUT2D eigenvalue weighted by Gasteiger charge is 2.30. The number of hydrogen-bond acceptors (Lipinski definition) is 4. The van der Waals surface area contributed by atoms with Crippen molar-refractivity contribution in [2.24, 2.45) is 0 Å². The molecule has 0 bridgehead atoms. The quantitative estimate of drug-likeness (QED) is 0.484. The predicted octanol–water partition coefficient (Wildman–Crippen LogP) is 4.66. The molecule has 2 N–H and O–H groups in total. The summed E-state index contributed by atoms with van der Waals surface area (Å²) in [6.45, 7) is 0.0602. The van der Waals surface area contributed by atoms with E-state index in [2.05, 4.69) is 5.32 Å². The maximum absolute atomic E-state index is 12.9. The minimum absolute atomic E-state index is 0.0763. The van der Waals surface area contributed by atoms with Gasteiger partial charge in [-0.25, -0.2) is 4.79 Å². The minimum Gasteiger partial charge on any atom is -0.487 e. The van der Waals surface area contributed by atoms with E-state index in [1.807, 2.05) is 12.1 Å². The van der Waals surface area contributed by atoms with Crippen LogP contribution in [0.25, 0.3) is 10.8 Å². The predicted molar refractivity (Wildman–Crippen MR) is 115 cm³/mol. The zero-order chi connectivity index (χ0) is 24.0.